The second kappa shape index (κ2) is 5.62. The zero-order valence-corrected chi connectivity index (χ0v) is 11.0. The van der Waals surface area contributed by atoms with Gasteiger partial charge in [-0.25, -0.2) is 0 Å². The molecule has 5 heteroatoms. The summed E-state index contributed by atoms with van der Waals surface area (Å²) in [7, 11) is 1.54. The highest BCUT2D eigenvalue weighted by atomic mass is 79.9. The van der Waals surface area contributed by atoms with E-state index in [1.165, 1.54) is 7.11 Å². The third kappa shape index (κ3) is 2.86. The highest BCUT2D eigenvalue weighted by molar-refractivity contribution is 9.10. The van der Waals surface area contributed by atoms with Gasteiger partial charge in [-0.15, -0.1) is 0 Å². The third-order valence-electron chi connectivity index (χ3n) is 2.54. The van der Waals surface area contributed by atoms with E-state index in [0.717, 1.165) is 4.47 Å². The van der Waals surface area contributed by atoms with E-state index in [-0.39, 0.29) is 5.78 Å². The number of rotatable bonds is 3. The third-order valence-corrected chi connectivity index (χ3v) is 3.03. The number of hydrogen-bond acceptors (Lipinski definition) is 4. The van der Waals surface area contributed by atoms with Crippen LogP contribution in [0.5, 0.6) is 5.75 Å². The van der Waals surface area contributed by atoms with Crippen molar-refractivity contribution in [2.24, 2.45) is 0 Å². The van der Waals surface area contributed by atoms with Crippen molar-refractivity contribution in [3.8, 4) is 5.75 Å². The van der Waals surface area contributed by atoms with Crippen molar-refractivity contribution >= 4 is 21.7 Å². The molecular formula is C12H13BrO4. The molecule has 17 heavy (non-hydrogen) atoms. The number of hydrogen-bond donors (Lipinski definition) is 0. The number of ether oxygens (including phenoxy) is 3. The maximum Gasteiger partial charge on any atom is 0.197 e. The summed E-state index contributed by atoms with van der Waals surface area (Å²) >= 11 is 3.34. The van der Waals surface area contributed by atoms with Crippen molar-refractivity contribution in [2.75, 3.05) is 26.9 Å². The lowest BCUT2D eigenvalue weighted by Gasteiger charge is -2.22. The fourth-order valence-corrected chi connectivity index (χ4v) is 2.05. The number of halogens is 1. The van der Waals surface area contributed by atoms with Gasteiger partial charge in [-0.05, 0) is 18.2 Å². The predicted octanol–water partition coefficient (Wildman–Crippen LogP) is 2.06. The number of Topliss-reactive ketones (excluding diaryl/α,β-unsaturated/α-hetero) is 1. The zero-order chi connectivity index (χ0) is 12.3. The zero-order valence-electron chi connectivity index (χ0n) is 9.44. The Morgan fingerprint density at radius 3 is 2.94 bits per heavy atom. The Morgan fingerprint density at radius 2 is 2.29 bits per heavy atom. The van der Waals surface area contributed by atoms with E-state index in [1.807, 2.05) is 6.07 Å². The van der Waals surface area contributed by atoms with Crippen LogP contribution in [0.25, 0.3) is 0 Å². The van der Waals surface area contributed by atoms with E-state index >= 15 is 0 Å². The van der Waals surface area contributed by atoms with Crippen molar-refractivity contribution < 1.29 is 19.0 Å². The van der Waals surface area contributed by atoms with Gasteiger partial charge in [0.05, 0.1) is 32.5 Å². The molecule has 1 aliphatic heterocycles. The highest BCUT2D eigenvalue weighted by Crippen LogP contribution is 2.25. The lowest BCUT2D eigenvalue weighted by Crippen LogP contribution is -2.35. The first-order chi connectivity index (χ1) is 8.22. The number of ketones is 1. The van der Waals surface area contributed by atoms with E-state index in [1.54, 1.807) is 12.1 Å². The van der Waals surface area contributed by atoms with Gasteiger partial charge in [0.15, 0.2) is 5.78 Å². The monoisotopic (exact) mass is 300 g/mol. The summed E-state index contributed by atoms with van der Waals surface area (Å²) < 4.78 is 16.6. The quantitative estimate of drug-likeness (QED) is 0.802. The topological polar surface area (TPSA) is 44.8 Å². The van der Waals surface area contributed by atoms with Crippen LogP contribution in [0.1, 0.15) is 10.4 Å². The molecule has 4 nitrogen and oxygen atoms in total. The van der Waals surface area contributed by atoms with Gasteiger partial charge in [0.2, 0.25) is 0 Å². The first-order valence-electron chi connectivity index (χ1n) is 5.29. The molecule has 1 saturated heterocycles. The van der Waals surface area contributed by atoms with Crippen molar-refractivity contribution in [1.29, 1.82) is 0 Å². The number of benzene rings is 1. The molecule has 0 saturated carbocycles. The Labute approximate surface area is 108 Å². The highest BCUT2D eigenvalue weighted by Gasteiger charge is 2.26. The first kappa shape index (κ1) is 12.5. The molecule has 1 heterocycles. The van der Waals surface area contributed by atoms with E-state index in [9.17, 15) is 4.79 Å². The van der Waals surface area contributed by atoms with Crippen LogP contribution >= 0.6 is 15.9 Å². The second-order valence-electron chi connectivity index (χ2n) is 3.64. The van der Waals surface area contributed by atoms with Crippen LogP contribution in [0.4, 0.5) is 0 Å². The fourth-order valence-electron chi connectivity index (χ4n) is 1.69. The van der Waals surface area contributed by atoms with Crippen molar-refractivity contribution in [2.45, 2.75) is 6.10 Å². The Bertz CT molecular complexity index is 413. The van der Waals surface area contributed by atoms with Crippen LogP contribution < -0.4 is 4.74 Å². The largest absolute Gasteiger partial charge is 0.496 e. The van der Waals surface area contributed by atoms with Crippen LogP contribution in [0.15, 0.2) is 22.7 Å². The molecule has 0 radical (unpaired) electrons. The lowest BCUT2D eigenvalue weighted by molar-refractivity contribution is -0.0719. The van der Waals surface area contributed by atoms with Gasteiger partial charge >= 0.3 is 0 Å². The smallest absolute Gasteiger partial charge is 0.197 e. The van der Waals surface area contributed by atoms with Gasteiger partial charge in [0.1, 0.15) is 11.9 Å². The number of carbonyl (C=O) groups excluding carboxylic acids is 1. The lowest BCUT2D eigenvalue weighted by atomic mass is 10.1. The molecule has 0 aromatic heterocycles. The number of methoxy groups -OCH3 is 1. The van der Waals surface area contributed by atoms with Crippen LogP contribution in [-0.4, -0.2) is 38.8 Å². The van der Waals surface area contributed by atoms with E-state index in [4.69, 9.17) is 14.2 Å². The minimum absolute atomic E-state index is 0.108. The molecule has 0 amide bonds. The van der Waals surface area contributed by atoms with Gasteiger partial charge in [-0.1, -0.05) is 15.9 Å². The molecule has 0 spiro atoms. The first-order valence-corrected chi connectivity index (χ1v) is 6.09. The minimum Gasteiger partial charge on any atom is -0.496 e. The molecule has 1 aromatic rings. The minimum atomic E-state index is -0.535. The Hall–Kier alpha value is -0.910. The summed E-state index contributed by atoms with van der Waals surface area (Å²) in [4.78, 5) is 12.2. The summed E-state index contributed by atoms with van der Waals surface area (Å²) in [6.45, 7) is 1.29. The molecule has 1 atom stereocenters. The van der Waals surface area contributed by atoms with Crippen LogP contribution in [-0.2, 0) is 9.47 Å². The van der Waals surface area contributed by atoms with Crippen LogP contribution in [0, 0.1) is 0 Å². The van der Waals surface area contributed by atoms with Gasteiger partial charge < -0.3 is 14.2 Å². The summed E-state index contributed by atoms with van der Waals surface area (Å²) in [5.74, 6) is 0.440. The van der Waals surface area contributed by atoms with Crippen LogP contribution in [0.2, 0.25) is 0 Å². The van der Waals surface area contributed by atoms with E-state index in [2.05, 4.69) is 15.9 Å². The molecule has 1 aliphatic rings. The molecule has 1 aromatic carbocycles. The Balaban J connectivity index is 2.25. The average molecular weight is 301 g/mol. The summed E-state index contributed by atoms with van der Waals surface area (Å²) in [6.07, 6.45) is -0.535. The molecule has 0 bridgehead atoms. The summed E-state index contributed by atoms with van der Waals surface area (Å²) in [6, 6.07) is 5.31. The number of carbonyl (C=O) groups is 1. The predicted molar refractivity (Wildman–Crippen MR) is 65.6 cm³/mol. The molecule has 0 aliphatic carbocycles. The van der Waals surface area contributed by atoms with Gasteiger partial charge in [0, 0.05) is 4.47 Å². The van der Waals surface area contributed by atoms with Gasteiger partial charge in [0.25, 0.3) is 0 Å². The van der Waals surface area contributed by atoms with Crippen molar-refractivity contribution in [1.82, 2.24) is 0 Å². The molecule has 92 valence electrons. The molecule has 1 fully saturated rings. The Kier molecular flexibility index (Phi) is 4.15. The molecular weight excluding hydrogens is 288 g/mol. The maximum atomic E-state index is 12.2. The van der Waals surface area contributed by atoms with Crippen molar-refractivity contribution in [3.05, 3.63) is 28.2 Å². The van der Waals surface area contributed by atoms with E-state index in [0.29, 0.717) is 31.1 Å². The summed E-state index contributed by atoms with van der Waals surface area (Å²) in [5, 5.41) is 0. The van der Waals surface area contributed by atoms with Crippen molar-refractivity contribution in [3.63, 3.8) is 0 Å². The van der Waals surface area contributed by atoms with Crippen LogP contribution in [0.3, 0.4) is 0 Å². The van der Waals surface area contributed by atoms with E-state index < -0.39 is 6.10 Å². The average Bonchev–Trinajstić information content (AvgIpc) is 2.39. The van der Waals surface area contributed by atoms with Gasteiger partial charge in [-0.2, -0.15) is 0 Å². The maximum absolute atomic E-state index is 12.2. The second-order valence-corrected chi connectivity index (χ2v) is 4.56. The Morgan fingerprint density at radius 1 is 1.47 bits per heavy atom. The fraction of sp³-hybridized carbons (Fsp3) is 0.417. The SMILES string of the molecule is COc1ccc(Br)cc1C(=O)C1COCCO1. The molecule has 1 unspecified atom stereocenters. The summed E-state index contributed by atoms with van der Waals surface area (Å²) in [5.41, 5.74) is 0.511. The molecule has 2 rings (SSSR count). The van der Waals surface area contributed by atoms with Gasteiger partial charge in [-0.3, -0.25) is 4.79 Å². The molecule has 0 N–H and O–H groups in total. The normalized spacial score (nSPS) is 20.0. The standard InChI is InChI=1S/C12H13BrO4/c1-15-10-3-2-8(13)6-9(10)12(14)11-7-16-4-5-17-11/h2-3,6,11H,4-5,7H2,1H3.